The predicted octanol–water partition coefficient (Wildman–Crippen LogP) is 4.97. The molecule has 1 rings (SSSR count). The molecule has 2 N–H and O–H groups in total. The molecule has 1 aliphatic carbocycles. The van der Waals surface area contributed by atoms with E-state index in [1.165, 1.54) is 12.6 Å². The Morgan fingerprint density at radius 1 is 1.48 bits per heavy atom. The van der Waals surface area contributed by atoms with Crippen molar-refractivity contribution < 1.29 is 9.84 Å². The lowest BCUT2D eigenvalue weighted by Gasteiger charge is -2.30. The third-order valence-corrected chi connectivity index (χ3v) is 5.22. The Balaban J connectivity index is 2.61. The van der Waals surface area contributed by atoms with Crippen LogP contribution in [-0.4, -0.2) is 35.0 Å². The molecule has 0 amide bonds. The molecule has 122 valence electrons. The molecular weight excluding hydrogens is 282 g/mol. The zero-order valence-electron chi connectivity index (χ0n) is 13.7. The minimum atomic E-state index is -0.00000900. The molecule has 0 fully saturated rings. The number of hydrogen-bond donors (Lipinski definition) is 2. The van der Waals surface area contributed by atoms with Crippen molar-refractivity contribution in [2.75, 3.05) is 12.4 Å². The van der Waals surface area contributed by atoms with Gasteiger partial charge in [0, 0.05) is 18.3 Å². The van der Waals surface area contributed by atoms with E-state index < -0.39 is 0 Å². The Labute approximate surface area is 134 Å². The van der Waals surface area contributed by atoms with Gasteiger partial charge >= 0.3 is 0 Å². The van der Waals surface area contributed by atoms with Crippen LogP contribution in [0.4, 0.5) is 0 Å². The van der Waals surface area contributed by atoms with Crippen LogP contribution in [0.2, 0.25) is 0 Å². The van der Waals surface area contributed by atoms with Crippen molar-refractivity contribution in [3.05, 3.63) is 11.3 Å². The largest absolute Gasteiger partial charge is 0.512 e. The molecule has 1 aliphatic rings. The van der Waals surface area contributed by atoms with Crippen LogP contribution in [0.15, 0.2) is 11.3 Å². The van der Waals surface area contributed by atoms with E-state index in [1.807, 2.05) is 18.7 Å². The SMILES string of the molecule is CCOC(CCC=N)C1=C(O)CC(CC(C)SCC)CC1. The summed E-state index contributed by atoms with van der Waals surface area (Å²) >= 11 is 2.01. The third kappa shape index (κ3) is 6.43. The first kappa shape index (κ1) is 18.6. The zero-order valence-corrected chi connectivity index (χ0v) is 14.5. The van der Waals surface area contributed by atoms with E-state index in [-0.39, 0.29) is 6.10 Å². The van der Waals surface area contributed by atoms with E-state index in [9.17, 15) is 5.11 Å². The average Bonchev–Trinajstić information content (AvgIpc) is 2.44. The smallest absolute Gasteiger partial charge is 0.0943 e. The summed E-state index contributed by atoms with van der Waals surface area (Å²) in [4.78, 5) is 0. The molecule has 0 aromatic heterocycles. The molecule has 0 aromatic rings. The highest BCUT2D eigenvalue weighted by atomic mass is 32.2. The second-order valence-electron chi connectivity index (χ2n) is 5.81. The zero-order chi connectivity index (χ0) is 15.7. The van der Waals surface area contributed by atoms with Gasteiger partial charge < -0.3 is 15.3 Å². The Kier molecular flexibility index (Phi) is 9.09. The van der Waals surface area contributed by atoms with Crippen molar-refractivity contribution in [1.29, 1.82) is 5.41 Å². The number of allylic oxidation sites excluding steroid dienone is 1. The fraction of sp³-hybridized carbons (Fsp3) is 0.824. The van der Waals surface area contributed by atoms with Crippen molar-refractivity contribution in [1.82, 2.24) is 0 Å². The maximum Gasteiger partial charge on any atom is 0.0943 e. The summed E-state index contributed by atoms with van der Waals surface area (Å²) in [7, 11) is 0. The van der Waals surface area contributed by atoms with Crippen LogP contribution in [-0.2, 0) is 4.74 Å². The van der Waals surface area contributed by atoms with Gasteiger partial charge in [-0.05, 0) is 62.5 Å². The second kappa shape index (κ2) is 10.3. The molecule has 4 heteroatoms. The quantitative estimate of drug-likeness (QED) is 0.560. The summed E-state index contributed by atoms with van der Waals surface area (Å²) < 4.78 is 5.78. The van der Waals surface area contributed by atoms with Gasteiger partial charge in [0.2, 0.25) is 0 Å². The Morgan fingerprint density at radius 2 is 2.24 bits per heavy atom. The summed E-state index contributed by atoms with van der Waals surface area (Å²) in [6.07, 6.45) is 7.05. The fourth-order valence-electron chi connectivity index (χ4n) is 3.17. The first-order chi connectivity index (χ1) is 10.1. The van der Waals surface area contributed by atoms with E-state index >= 15 is 0 Å². The van der Waals surface area contributed by atoms with Gasteiger partial charge in [0.25, 0.3) is 0 Å². The van der Waals surface area contributed by atoms with Crippen LogP contribution in [0.3, 0.4) is 0 Å². The van der Waals surface area contributed by atoms with Crippen molar-refractivity contribution in [2.24, 2.45) is 5.92 Å². The molecule has 21 heavy (non-hydrogen) atoms. The average molecular weight is 314 g/mol. The van der Waals surface area contributed by atoms with Gasteiger partial charge in [0.05, 0.1) is 11.9 Å². The number of nitrogens with one attached hydrogen (secondary N) is 1. The lowest BCUT2D eigenvalue weighted by atomic mass is 9.83. The molecule has 0 radical (unpaired) electrons. The molecule has 0 aliphatic heterocycles. The van der Waals surface area contributed by atoms with Crippen molar-refractivity contribution >= 4 is 18.0 Å². The van der Waals surface area contributed by atoms with Crippen LogP contribution in [0.5, 0.6) is 0 Å². The lowest BCUT2D eigenvalue weighted by molar-refractivity contribution is 0.0737. The van der Waals surface area contributed by atoms with Crippen LogP contribution >= 0.6 is 11.8 Å². The van der Waals surface area contributed by atoms with E-state index in [1.54, 1.807) is 0 Å². The molecule has 3 nitrogen and oxygen atoms in total. The molecule has 3 unspecified atom stereocenters. The standard InChI is InChI=1S/C17H31NO2S/c1-4-20-17(7-6-10-18)15-9-8-14(12-16(15)19)11-13(3)21-5-2/h10,13-14,17-19H,4-9,11-12H2,1-3H3. The first-order valence-corrected chi connectivity index (χ1v) is 9.30. The molecule has 0 saturated heterocycles. The van der Waals surface area contributed by atoms with Crippen molar-refractivity contribution in [2.45, 2.75) is 70.7 Å². The summed E-state index contributed by atoms with van der Waals surface area (Å²) in [5.41, 5.74) is 1.09. The molecule has 0 aromatic carbocycles. The molecule has 0 heterocycles. The number of thioether (sulfide) groups is 1. The first-order valence-electron chi connectivity index (χ1n) is 8.25. The number of hydrogen-bond acceptors (Lipinski definition) is 4. The second-order valence-corrected chi connectivity index (χ2v) is 7.52. The van der Waals surface area contributed by atoms with Gasteiger partial charge in [-0.1, -0.05) is 13.8 Å². The van der Waals surface area contributed by atoms with E-state index in [4.69, 9.17) is 10.1 Å². The molecule has 3 atom stereocenters. The molecular formula is C17H31NO2S. The monoisotopic (exact) mass is 313 g/mol. The van der Waals surface area contributed by atoms with Gasteiger partial charge in [-0.2, -0.15) is 11.8 Å². The van der Waals surface area contributed by atoms with Gasteiger partial charge in [-0.25, -0.2) is 0 Å². The van der Waals surface area contributed by atoms with Gasteiger partial charge in [-0.15, -0.1) is 0 Å². The Bertz CT molecular complexity index is 344. The summed E-state index contributed by atoms with van der Waals surface area (Å²) in [6.45, 7) is 7.14. The number of rotatable bonds is 10. The number of aliphatic hydroxyl groups excluding tert-OH is 1. The van der Waals surface area contributed by atoms with Crippen LogP contribution in [0, 0.1) is 11.3 Å². The maximum absolute atomic E-state index is 10.4. The third-order valence-electron chi connectivity index (χ3n) is 4.12. The molecule has 0 spiro atoms. The summed E-state index contributed by atoms with van der Waals surface area (Å²) in [6, 6.07) is 0. The Morgan fingerprint density at radius 3 is 2.81 bits per heavy atom. The lowest BCUT2D eigenvalue weighted by Crippen LogP contribution is -2.23. The normalized spacial score (nSPS) is 22.1. The highest BCUT2D eigenvalue weighted by Gasteiger charge is 2.27. The van der Waals surface area contributed by atoms with Crippen molar-refractivity contribution in [3.63, 3.8) is 0 Å². The van der Waals surface area contributed by atoms with Crippen LogP contribution in [0.1, 0.15) is 59.3 Å². The topological polar surface area (TPSA) is 53.3 Å². The summed E-state index contributed by atoms with van der Waals surface area (Å²) in [5.74, 6) is 2.33. The van der Waals surface area contributed by atoms with E-state index in [0.717, 1.165) is 43.4 Å². The van der Waals surface area contributed by atoms with E-state index in [2.05, 4.69) is 13.8 Å². The molecule has 0 saturated carbocycles. The molecule has 0 bridgehead atoms. The van der Waals surface area contributed by atoms with E-state index in [0.29, 0.717) is 23.5 Å². The minimum absolute atomic E-state index is 0.00000900. The fourth-order valence-corrected chi connectivity index (χ4v) is 4.15. The number of aliphatic hydroxyl groups is 1. The maximum atomic E-state index is 10.4. The van der Waals surface area contributed by atoms with Gasteiger partial charge in [-0.3, -0.25) is 0 Å². The van der Waals surface area contributed by atoms with Crippen LogP contribution in [0.25, 0.3) is 0 Å². The highest BCUT2D eigenvalue weighted by molar-refractivity contribution is 7.99. The van der Waals surface area contributed by atoms with Gasteiger partial charge in [0.1, 0.15) is 0 Å². The minimum Gasteiger partial charge on any atom is -0.512 e. The predicted molar refractivity (Wildman–Crippen MR) is 92.6 cm³/mol. The van der Waals surface area contributed by atoms with Gasteiger partial charge in [0.15, 0.2) is 0 Å². The highest BCUT2D eigenvalue weighted by Crippen LogP contribution is 2.36. The summed E-state index contributed by atoms with van der Waals surface area (Å²) in [5, 5.41) is 18.3. The Hall–Kier alpha value is -0.480. The van der Waals surface area contributed by atoms with Crippen molar-refractivity contribution in [3.8, 4) is 0 Å². The number of ether oxygens (including phenoxy) is 1. The van der Waals surface area contributed by atoms with Crippen LogP contribution < -0.4 is 0 Å².